The maximum atomic E-state index is 12.5. The molecule has 8 heteroatoms. The molecule has 2 aromatic carbocycles. The molecule has 1 aromatic heterocycles. The number of nitrogens with zero attached hydrogens (tertiary/aromatic N) is 2. The van der Waals surface area contributed by atoms with Crippen LogP contribution in [0.15, 0.2) is 67.0 Å². The van der Waals surface area contributed by atoms with Gasteiger partial charge in [-0.25, -0.2) is 8.51 Å². The summed E-state index contributed by atoms with van der Waals surface area (Å²) in [4.78, 5) is 16.6. The second kappa shape index (κ2) is 8.97. The Morgan fingerprint density at radius 3 is 2.57 bits per heavy atom. The van der Waals surface area contributed by atoms with Crippen LogP contribution in [0.5, 0.6) is 0 Å². The number of aryl methyl sites for hydroxylation is 1. The second-order valence-corrected chi connectivity index (χ2v) is 7.37. The summed E-state index contributed by atoms with van der Waals surface area (Å²) in [6, 6.07) is 15.3. The zero-order chi connectivity index (χ0) is 20.1. The Kier molecular flexibility index (Phi) is 6.41. The van der Waals surface area contributed by atoms with E-state index < -0.39 is 11.3 Å². The van der Waals surface area contributed by atoms with Crippen molar-refractivity contribution < 1.29 is 13.6 Å². The van der Waals surface area contributed by atoms with Crippen LogP contribution in [0.4, 0.5) is 11.4 Å². The number of anilines is 2. The van der Waals surface area contributed by atoms with Crippen LogP contribution in [0.25, 0.3) is 0 Å². The van der Waals surface area contributed by atoms with Gasteiger partial charge in [-0.3, -0.25) is 14.3 Å². The molecule has 1 heterocycles. The van der Waals surface area contributed by atoms with E-state index in [1.54, 1.807) is 30.6 Å². The lowest BCUT2D eigenvalue weighted by molar-refractivity contribution is 0.0951. The number of carbonyl (C=O) groups is 1. The minimum absolute atomic E-state index is 0.284. The number of nitrogens with one attached hydrogen (secondary N) is 1. The van der Waals surface area contributed by atoms with Crippen molar-refractivity contribution in [3.05, 3.63) is 88.7 Å². The van der Waals surface area contributed by atoms with Gasteiger partial charge in [0.25, 0.3) is 17.2 Å². The lowest BCUT2D eigenvalue weighted by atomic mass is 10.1. The first-order valence-electron chi connectivity index (χ1n) is 8.39. The number of amides is 1. The summed E-state index contributed by atoms with van der Waals surface area (Å²) >= 11 is 3.84. The maximum absolute atomic E-state index is 12.5. The van der Waals surface area contributed by atoms with Crippen LogP contribution in [0.3, 0.4) is 0 Å². The smallest absolute Gasteiger partial charge is 0.266 e. The second-order valence-electron chi connectivity index (χ2n) is 6.10. The Bertz CT molecular complexity index is 997. The standard InChI is InChI=1S/C20H18ClN3O3S/c1-14-4-6-18(7-5-14)24(28(26)27)19-10-16(9-17(21)11-19)20(25)23-13-15-3-2-8-22-12-15/h2-12H,13H2,1H3,(H,23,25)(H,26,27). The lowest BCUT2D eigenvalue weighted by Crippen LogP contribution is -2.24. The SMILES string of the molecule is Cc1ccc(N(c2cc(Cl)cc(C(=O)NCc3cccnc3)c2)S(=O)O)cc1. The van der Waals surface area contributed by atoms with Gasteiger partial charge in [0, 0.05) is 29.5 Å². The van der Waals surface area contributed by atoms with Crippen LogP contribution in [0.1, 0.15) is 21.5 Å². The number of hydrogen-bond donors (Lipinski definition) is 2. The molecule has 0 bridgehead atoms. The average Bonchev–Trinajstić information content (AvgIpc) is 2.68. The van der Waals surface area contributed by atoms with Gasteiger partial charge in [-0.15, -0.1) is 0 Å². The van der Waals surface area contributed by atoms with Gasteiger partial charge in [-0.05, 0) is 48.9 Å². The Hall–Kier alpha value is -2.74. The Labute approximate surface area is 170 Å². The number of aromatic nitrogens is 1. The van der Waals surface area contributed by atoms with Crippen molar-refractivity contribution in [2.45, 2.75) is 13.5 Å². The molecular formula is C20H18ClN3O3S. The van der Waals surface area contributed by atoms with Crippen LogP contribution in [-0.2, 0) is 17.8 Å². The molecule has 0 aliphatic heterocycles. The number of carbonyl (C=O) groups excluding carboxylic acids is 1. The number of hydrogen-bond acceptors (Lipinski definition) is 3. The largest absolute Gasteiger partial charge is 0.348 e. The van der Waals surface area contributed by atoms with Crippen LogP contribution < -0.4 is 9.62 Å². The van der Waals surface area contributed by atoms with E-state index in [-0.39, 0.29) is 16.5 Å². The molecule has 28 heavy (non-hydrogen) atoms. The molecule has 1 unspecified atom stereocenters. The molecule has 0 aliphatic rings. The van der Waals surface area contributed by atoms with Gasteiger partial charge in [-0.2, -0.15) is 0 Å². The van der Waals surface area contributed by atoms with E-state index in [2.05, 4.69) is 10.3 Å². The molecule has 0 saturated heterocycles. The molecule has 0 spiro atoms. The van der Waals surface area contributed by atoms with Crippen molar-refractivity contribution in [3.63, 3.8) is 0 Å². The third-order valence-corrected chi connectivity index (χ3v) is 4.93. The van der Waals surface area contributed by atoms with Crippen molar-refractivity contribution in [2.75, 3.05) is 4.31 Å². The van der Waals surface area contributed by atoms with E-state index >= 15 is 0 Å². The van der Waals surface area contributed by atoms with Gasteiger partial charge in [0.2, 0.25) is 0 Å². The molecule has 3 aromatic rings. The Balaban J connectivity index is 1.87. The zero-order valence-electron chi connectivity index (χ0n) is 15.0. The zero-order valence-corrected chi connectivity index (χ0v) is 16.6. The van der Waals surface area contributed by atoms with E-state index in [1.807, 2.05) is 25.1 Å². The van der Waals surface area contributed by atoms with Crippen molar-refractivity contribution in [1.82, 2.24) is 10.3 Å². The van der Waals surface area contributed by atoms with E-state index in [4.69, 9.17) is 11.6 Å². The third-order valence-electron chi connectivity index (χ3n) is 3.98. The summed E-state index contributed by atoms with van der Waals surface area (Å²) in [5, 5.41) is 3.07. The van der Waals surface area contributed by atoms with Crippen LogP contribution in [0, 0.1) is 6.92 Å². The highest BCUT2D eigenvalue weighted by Gasteiger charge is 2.18. The monoisotopic (exact) mass is 415 g/mol. The molecule has 1 atom stereocenters. The summed E-state index contributed by atoms with van der Waals surface area (Å²) < 4.78 is 23.0. The van der Waals surface area contributed by atoms with Gasteiger partial charge in [-0.1, -0.05) is 35.4 Å². The summed E-state index contributed by atoms with van der Waals surface area (Å²) in [6.07, 6.45) is 3.32. The predicted octanol–water partition coefficient (Wildman–Crippen LogP) is 4.25. The van der Waals surface area contributed by atoms with Gasteiger partial charge in [0.1, 0.15) is 0 Å². The highest BCUT2D eigenvalue weighted by Crippen LogP contribution is 2.30. The summed E-state index contributed by atoms with van der Waals surface area (Å²) in [5.41, 5.74) is 3.01. The molecule has 144 valence electrons. The summed E-state index contributed by atoms with van der Waals surface area (Å²) in [6.45, 7) is 2.23. The predicted molar refractivity (Wildman–Crippen MR) is 111 cm³/mol. The van der Waals surface area contributed by atoms with Crippen molar-refractivity contribution in [1.29, 1.82) is 0 Å². The van der Waals surface area contributed by atoms with Crippen LogP contribution in [-0.4, -0.2) is 19.7 Å². The molecular weight excluding hydrogens is 398 g/mol. The number of halogens is 1. The van der Waals surface area contributed by atoms with Gasteiger partial charge >= 0.3 is 0 Å². The number of pyridine rings is 1. The van der Waals surface area contributed by atoms with Gasteiger partial charge in [0.05, 0.1) is 11.4 Å². The van der Waals surface area contributed by atoms with Crippen molar-refractivity contribution in [2.24, 2.45) is 0 Å². The molecule has 1 amide bonds. The van der Waals surface area contributed by atoms with E-state index in [0.717, 1.165) is 11.1 Å². The molecule has 0 aliphatic carbocycles. The normalized spacial score (nSPS) is 11.7. The number of rotatable bonds is 6. The molecule has 0 radical (unpaired) electrons. The molecule has 2 N–H and O–H groups in total. The van der Waals surface area contributed by atoms with Gasteiger partial charge in [0.15, 0.2) is 0 Å². The van der Waals surface area contributed by atoms with Crippen molar-refractivity contribution >= 4 is 40.1 Å². The fourth-order valence-corrected chi connectivity index (χ4v) is 3.44. The van der Waals surface area contributed by atoms with E-state index in [0.29, 0.717) is 17.9 Å². The quantitative estimate of drug-likeness (QED) is 0.589. The summed E-state index contributed by atoms with van der Waals surface area (Å²) in [7, 11) is 0. The lowest BCUT2D eigenvalue weighted by Gasteiger charge is -2.21. The van der Waals surface area contributed by atoms with E-state index in [1.165, 1.54) is 22.5 Å². The first-order valence-corrected chi connectivity index (χ1v) is 9.83. The first-order chi connectivity index (χ1) is 13.4. The average molecular weight is 416 g/mol. The van der Waals surface area contributed by atoms with Crippen molar-refractivity contribution in [3.8, 4) is 0 Å². The highest BCUT2D eigenvalue weighted by atomic mass is 35.5. The molecule has 0 fully saturated rings. The fraction of sp³-hybridized carbons (Fsp3) is 0.100. The topological polar surface area (TPSA) is 82.5 Å². The molecule has 0 saturated carbocycles. The summed E-state index contributed by atoms with van der Waals surface area (Å²) in [5.74, 6) is -0.347. The van der Waals surface area contributed by atoms with Gasteiger partial charge < -0.3 is 5.32 Å². The van der Waals surface area contributed by atoms with E-state index in [9.17, 15) is 13.6 Å². The fourth-order valence-electron chi connectivity index (χ4n) is 2.62. The first kappa shape index (κ1) is 20.0. The molecule has 6 nitrogen and oxygen atoms in total. The number of benzene rings is 2. The maximum Gasteiger partial charge on any atom is 0.266 e. The highest BCUT2D eigenvalue weighted by molar-refractivity contribution is 7.81. The van der Waals surface area contributed by atoms with Crippen LogP contribution in [0.2, 0.25) is 5.02 Å². The van der Waals surface area contributed by atoms with Crippen LogP contribution >= 0.6 is 11.6 Å². The minimum atomic E-state index is -2.34. The molecule has 3 rings (SSSR count). The third kappa shape index (κ3) is 4.95. The minimum Gasteiger partial charge on any atom is -0.348 e. The Morgan fingerprint density at radius 1 is 1.18 bits per heavy atom. The Morgan fingerprint density at radius 2 is 1.93 bits per heavy atom.